The number of carbonyl (C=O) groups excluding carboxylic acids is 12. The summed E-state index contributed by atoms with van der Waals surface area (Å²) in [6.45, 7) is 6.44. The Morgan fingerprint density at radius 1 is 0.346 bits per heavy atom. The van der Waals surface area contributed by atoms with Gasteiger partial charge in [-0.2, -0.15) is 0 Å². The molecule has 0 saturated heterocycles. The average Bonchev–Trinajstić information content (AvgIpc) is 0.855. The third-order valence-electron chi connectivity index (χ3n) is 17.1. The second-order valence-corrected chi connectivity index (χ2v) is 26.2. The van der Waals surface area contributed by atoms with Crippen molar-refractivity contribution in [3.63, 3.8) is 0 Å². The molecule has 0 aromatic carbocycles. The molecule has 38 nitrogen and oxygen atoms in total. The third kappa shape index (κ3) is 41.5. The molecule has 0 aromatic heterocycles. The molecule has 12 atom stereocenters. The van der Waals surface area contributed by atoms with Crippen molar-refractivity contribution in [1.29, 1.82) is 0 Å². The maximum Gasteiger partial charge on any atom is 0.328 e. The number of rotatable bonds is 61. The zero-order valence-corrected chi connectivity index (χ0v) is 61.7. The van der Waals surface area contributed by atoms with Crippen molar-refractivity contribution in [3.05, 3.63) is 0 Å². The van der Waals surface area contributed by atoms with Crippen LogP contribution in [0.2, 0.25) is 0 Å². The van der Waals surface area contributed by atoms with E-state index in [0.717, 1.165) is 0 Å². The fourth-order valence-electron chi connectivity index (χ4n) is 10.6. The molecule has 34 N–H and O–H groups in total. The summed E-state index contributed by atoms with van der Waals surface area (Å²) in [6.07, 6.45) is 7.03. The van der Waals surface area contributed by atoms with Crippen LogP contribution < -0.4 is 121 Å². The predicted octanol–water partition coefficient (Wildman–Crippen LogP) is -6.87. The Kier molecular flexibility index (Phi) is 53.0. The summed E-state index contributed by atoms with van der Waals surface area (Å²) in [5.41, 5.74) is 57.6. The normalized spacial score (nSPS) is 14.6. The summed E-state index contributed by atoms with van der Waals surface area (Å²) >= 11 is 0. The lowest BCUT2D eigenvalue weighted by atomic mass is 9.96. The second kappa shape index (κ2) is 57.4. The third-order valence-corrected chi connectivity index (χ3v) is 17.1. The number of guanidine groups is 1. The highest BCUT2D eigenvalue weighted by atomic mass is 16.4. The number of carboxylic acid groups (broad SMARTS) is 1. The van der Waals surface area contributed by atoms with E-state index in [0.29, 0.717) is 116 Å². The SMILES string of the molecule is CC[C@H](C)[C@H](NC(=O)[C@@H](N)CCCCN)C(=O)N[C@@H](CCCCN)C(=O)N[C@@H](CCCCN)C(=O)N[C@H](C(=O)N[C@@H](CCCCN)C(=O)N[C@@H](CCCCN)C(=O)N[C@@H](CCCCN)C(=O)NCC(=O)N[C@@H](CCCN=C(N)N)C(=O)N[C@@H](CCCCN)C(=O)NCC(=O)N[C@@H](CO)C(=O)O)C(C)C. The quantitative estimate of drug-likeness (QED) is 0.0153. The van der Waals surface area contributed by atoms with Gasteiger partial charge in [0, 0.05) is 6.54 Å². The number of aliphatic imine (C=N–C) groups is 1. The van der Waals surface area contributed by atoms with Gasteiger partial charge in [-0.25, -0.2) is 4.79 Å². The minimum absolute atomic E-state index is 0.00250. The molecule has 0 heterocycles. The Hall–Kier alpha value is -7.98. The number of carbonyl (C=O) groups is 13. The van der Waals surface area contributed by atoms with Crippen molar-refractivity contribution < 1.29 is 72.5 Å². The first-order chi connectivity index (χ1) is 49.5. The number of nitrogens with one attached hydrogen (secondary N) is 12. The van der Waals surface area contributed by atoms with Gasteiger partial charge < -0.3 is 131 Å². The first-order valence-corrected chi connectivity index (χ1v) is 36.7. The number of nitrogens with two attached hydrogens (primary N) is 10. The van der Waals surface area contributed by atoms with Crippen molar-refractivity contribution in [2.45, 2.75) is 248 Å². The lowest BCUT2D eigenvalue weighted by Crippen LogP contribution is -2.61. The van der Waals surface area contributed by atoms with E-state index < -0.39 is 169 Å². The van der Waals surface area contributed by atoms with E-state index in [1.54, 1.807) is 20.8 Å². The summed E-state index contributed by atoms with van der Waals surface area (Å²) < 4.78 is 0. The van der Waals surface area contributed by atoms with Crippen LogP contribution >= 0.6 is 0 Å². The van der Waals surface area contributed by atoms with Gasteiger partial charge in [0.25, 0.3) is 0 Å². The highest BCUT2D eigenvalue weighted by Crippen LogP contribution is 2.15. The van der Waals surface area contributed by atoms with E-state index in [1.807, 2.05) is 12.2 Å². The smallest absolute Gasteiger partial charge is 0.328 e. The van der Waals surface area contributed by atoms with E-state index >= 15 is 0 Å². The number of aliphatic hydroxyl groups is 1. The van der Waals surface area contributed by atoms with Crippen LogP contribution in [0.1, 0.15) is 182 Å². The van der Waals surface area contributed by atoms with Crippen LogP contribution in [0.4, 0.5) is 0 Å². The van der Waals surface area contributed by atoms with Gasteiger partial charge in [0.1, 0.15) is 60.4 Å². The molecule has 0 aliphatic carbocycles. The van der Waals surface area contributed by atoms with Crippen LogP contribution in [-0.4, -0.2) is 232 Å². The van der Waals surface area contributed by atoms with Crippen molar-refractivity contribution in [1.82, 2.24) is 63.8 Å². The molecule has 0 bridgehead atoms. The number of hydrogen-bond donors (Lipinski definition) is 24. The summed E-state index contributed by atoms with van der Waals surface area (Å²) in [5.74, 6) is -12.2. The average molecular weight is 1480 g/mol. The zero-order chi connectivity index (χ0) is 78.5. The van der Waals surface area contributed by atoms with Crippen LogP contribution in [-0.2, 0) is 62.3 Å². The number of aliphatic hydroxyl groups excluding tert-OH is 1. The molecule has 0 radical (unpaired) electrons. The van der Waals surface area contributed by atoms with E-state index in [-0.39, 0.29) is 103 Å². The Morgan fingerprint density at radius 3 is 0.933 bits per heavy atom. The Labute approximate surface area is 611 Å². The number of hydrogen-bond acceptors (Lipinski definition) is 23. The number of amides is 12. The lowest BCUT2D eigenvalue weighted by Gasteiger charge is -2.30. The molecule has 598 valence electrons. The second-order valence-electron chi connectivity index (χ2n) is 26.2. The van der Waals surface area contributed by atoms with Gasteiger partial charge in [0.15, 0.2) is 5.96 Å². The maximum absolute atomic E-state index is 14.6. The zero-order valence-electron chi connectivity index (χ0n) is 61.7. The van der Waals surface area contributed by atoms with Crippen molar-refractivity contribution in [3.8, 4) is 0 Å². The molecule has 0 aromatic rings. The standard InChI is InChI=1S/C66H129N23O15/c1-5-41(4)54(89-55(93)42(74)21-6-13-29-67)64(102)87-48(26-11-18-34-72)61(99)85-49(27-12-19-35-73)62(100)88-53(40(2)3)63(101)86-47(25-10-17-33-71)60(98)84-46(24-9-16-32-70)59(97)83-44(23-8-15-31-69)57(95)78-37-51(91)80-45(28-20-36-77-66(75)76)58(96)82-43(22-7-14-30-68)56(94)79-38-52(92)81-50(39-90)65(103)104/h40-50,53-54,90H,5-39,67-74H2,1-4H3,(H,78,95)(H,79,94)(H,80,91)(H,81,92)(H,82,96)(H,83,97)(H,84,98)(H,85,99)(H,86,101)(H,87,102)(H,88,100)(H,89,93)(H,103,104)(H4,75,76,77)/t41-,42-,43-,44-,45-,46-,47-,48-,49-,50-,53-,54-/m0/s1. The monoisotopic (exact) mass is 1480 g/mol. The van der Waals surface area contributed by atoms with E-state index in [4.69, 9.17) is 57.3 Å². The molecule has 0 spiro atoms. The van der Waals surface area contributed by atoms with E-state index in [1.165, 1.54) is 0 Å². The van der Waals surface area contributed by atoms with Gasteiger partial charge in [-0.15, -0.1) is 0 Å². The number of nitrogens with zero attached hydrogens (tertiary/aromatic N) is 1. The fourth-order valence-corrected chi connectivity index (χ4v) is 10.6. The molecule has 104 heavy (non-hydrogen) atoms. The topological polar surface area (TPSA) is 679 Å². The largest absolute Gasteiger partial charge is 0.480 e. The first-order valence-electron chi connectivity index (χ1n) is 36.7. The minimum Gasteiger partial charge on any atom is -0.480 e. The molecule has 0 aliphatic rings. The van der Waals surface area contributed by atoms with Crippen LogP contribution in [0.5, 0.6) is 0 Å². The predicted molar refractivity (Wildman–Crippen MR) is 393 cm³/mol. The van der Waals surface area contributed by atoms with Crippen molar-refractivity contribution in [2.24, 2.45) is 74.2 Å². The molecule has 0 saturated carbocycles. The van der Waals surface area contributed by atoms with Gasteiger partial charge in [-0.05, 0) is 199 Å². The first kappa shape index (κ1) is 96.0. The van der Waals surface area contributed by atoms with Gasteiger partial charge in [-0.1, -0.05) is 40.5 Å². The van der Waals surface area contributed by atoms with Crippen LogP contribution in [0, 0.1) is 11.8 Å². The molecule has 0 rings (SSSR count). The molecular formula is C66H129N23O15. The van der Waals surface area contributed by atoms with Gasteiger partial charge >= 0.3 is 5.97 Å². The van der Waals surface area contributed by atoms with Crippen LogP contribution in [0.25, 0.3) is 0 Å². The summed E-state index contributed by atoms with van der Waals surface area (Å²) in [4.78, 5) is 183. The van der Waals surface area contributed by atoms with Gasteiger partial charge in [-0.3, -0.25) is 62.5 Å². The Morgan fingerprint density at radius 2 is 0.625 bits per heavy atom. The molecule has 12 amide bonds. The molecule has 0 unspecified atom stereocenters. The molecule has 0 fully saturated rings. The van der Waals surface area contributed by atoms with Crippen LogP contribution in [0.3, 0.4) is 0 Å². The fraction of sp³-hybridized carbons (Fsp3) is 0.788. The lowest BCUT2D eigenvalue weighted by molar-refractivity contribution is -0.143. The molecular weight excluding hydrogens is 1350 g/mol. The summed E-state index contributed by atoms with van der Waals surface area (Å²) in [7, 11) is 0. The van der Waals surface area contributed by atoms with Crippen LogP contribution in [0.15, 0.2) is 4.99 Å². The summed E-state index contributed by atoms with van der Waals surface area (Å²) in [5, 5.41) is 49.8. The molecule has 0 aliphatic heterocycles. The number of carboxylic acids is 1. The number of unbranched alkanes of at least 4 members (excludes halogenated alkanes) is 7. The van der Waals surface area contributed by atoms with Gasteiger partial charge in [0.05, 0.1) is 25.7 Å². The minimum atomic E-state index is -1.65. The van der Waals surface area contributed by atoms with Crippen molar-refractivity contribution in [2.75, 3.05) is 72.1 Å². The summed E-state index contributed by atoms with van der Waals surface area (Å²) in [6, 6.07) is -14.0. The van der Waals surface area contributed by atoms with E-state index in [9.17, 15) is 72.5 Å². The van der Waals surface area contributed by atoms with Crippen molar-refractivity contribution >= 4 is 82.8 Å². The highest BCUT2D eigenvalue weighted by molar-refractivity contribution is 5.99. The Balaban J connectivity index is 6.96. The molecule has 38 heteroatoms. The van der Waals surface area contributed by atoms with E-state index in [2.05, 4.69) is 63.5 Å². The van der Waals surface area contributed by atoms with Gasteiger partial charge in [0.2, 0.25) is 70.9 Å². The Bertz CT molecular complexity index is 2630. The highest BCUT2D eigenvalue weighted by Gasteiger charge is 2.37. The number of aliphatic carboxylic acids is 1. The maximum atomic E-state index is 14.6.